The molecule has 0 fully saturated rings. The SMILES string of the molecule is C.Cc1c(F)c(F)cc(F)c1C(=O)O.Cc1c(F)cc(F)c(F)c1C.Cc1c(F)cc(F)c(N)c1C.Cc1cccc(C(=O)O)c1C.Cc1cccc(C)c1C.Cc1cccc(N)c1C. The Morgan fingerprint density at radius 1 is 0.400 bits per heavy atom. The van der Waals surface area contributed by atoms with Gasteiger partial charge in [-0.15, -0.1) is 0 Å². The fraction of sp³-hybridized carbons (Fsp3) is 0.255. The quantitative estimate of drug-likeness (QED) is 0.0778. The van der Waals surface area contributed by atoms with Crippen LogP contribution >= 0.6 is 0 Å². The molecule has 0 unspecified atom stereocenters. The number of benzene rings is 6. The maximum Gasteiger partial charge on any atom is 0.339 e. The summed E-state index contributed by atoms with van der Waals surface area (Å²) in [5.74, 6) is -10.5. The lowest BCUT2D eigenvalue weighted by Gasteiger charge is -2.05. The van der Waals surface area contributed by atoms with E-state index < -0.39 is 69.6 Å². The van der Waals surface area contributed by atoms with Gasteiger partial charge in [0.2, 0.25) is 0 Å². The van der Waals surface area contributed by atoms with Crippen molar-refractivity contribution in [2.75, 3.05) is 11.5 Å². The van der Waals surface area contributed by atoms with E-state index in [4.69, 9.17) is 21.7 Å². The molecule has 0 aliphatic carbocycles. The molecule has 0 spiro atoms. The summed E-state index contributed by atoms with van der Waals surface area (Å²) in [6, 6.07) is 19.2. The van der Waals surface area contributed by atoms with Crippen molar-refractivity contribution in [1.29, 1.82) is 0 Å². The largest absolute Gasteiger partial charge is 0.478 e. The van der Waals surface area contributed by atoms with Crippen LogP contribution in [0.3, 0.4) is 0 Å². The molecule has 14 heteroatoms. The lowest BCUT2D eigenvalue weighted by atomic mass is 10.0. The highest BCUT2D eigenvalue weighted by atomic mass is 19.2. The van der Waals surface area contributed by atoms with Gasteiger partial charge < -0.3 is 21.7 Å². The number of halogens is 8. The molecule has 0 saturated carbocycles. The Labute approximate surface area is 376 Å². The summed E-state index contributed by atoms with van der Waals surface area (Å²) in [6.45, 7) is 21.2. The molecule has 6 rings (SSSR count). The van der Waals surface area contributed by atoms with Crippen LogP contribution in [0.15, 0.2) is 72.8 Å². The van der Waals surface area contributed by atoms with E-state index in [0.29, 0.717) is 22.8 Å². The van der Waals surface area contributed by atoms with Crippen LogP contribution in [0.2, 0.25) is 0 Å². The third-order valence-corrected chi connectivity index (χ3v) is 10.5. The molecule has 0 aromatic heterocycles. The molecule has 6 aromatic carbocycles. The van der Waals surface area contributed by atoms with E-state index in [-0.39, 0.29) is 30.3 Å². The number of rotatable bonds is 2. The first-order chi connectivity index (χ1) is 29.6. The van der Waals surface area contributed by atoms with Gasteiger partial charge in [0.05, 0.1) is 11.3 Å². The Kier molecular flexibility index (Phi) is 23.5. The van der Waals surface area contributed by atoms with Gasteiger partial charge in [-0.1, -0.05) is 49.9 Å². The van der Waals surface area contributed by atoms with Crippen LogP contribution in [-0.2, 0) is 0 Å². The number of carboxylic acids is 2. The molecule has 6 N–H and O–H groups in total. The highest BCUT2D eigenvalue weighted by Crippen LogP contribution is 2.23. The Balaban J connectivity index is 0.000000757. The van der Waals surface area contributed by atoms with E-state index in [1.165, 1.54) is 41.7 Å². The highest BCUT2D eigenvalue weighted by molar-refractivity contribution is 5.90. The molecule has 0 bridgehead atoms. The van der Waals surface area contributed by atoms with Crippen LogP contribution in [-0.4, -0.2) is 22.2 Å². The van der Waals surface area contributed by atoms with E-state index >= 15 is 0 Å². The number of nitrogen functional groups attached to an aromatic ring is 2. The highest BCUT2D eigenvalue weighted by Gasteiger charge is 2.20. The van der Waals surface area contributed by atoms with Gasteiger partial charge in [-0.2, -0.15) is 0 Å². The average Bonchev–Trinajstić information content (AvgIpc) is 3.23. The smallest absolute Gasteiger partial charge is 0.339 e. The maximum atomic E-state index is 12.8. The Morgan fingerprint density at radius 2 is 0.769 bits per heavy atom. The Hall–Kier alpha value is -6.70. The molecule has 0 radical (unpaired) electrons. The van der Waals surface area contributed by atoms with Gasteiger partial charge in [-0.05, 0) is 156 Å². The number of anilines is 2. The van der Waals surface area contributed by atoms with E-state index in [0.717, 1.165) is 29.8 Å². The minimum Gasteiger partial charge on any atom is -0.478 e. The maximum absolute atomic E-state index is 12.8. The van der Waals surface area contributed by atoms with E-state index in [1.54, 1.807) is 26.0 Å². The normalized spacial score (nSPS) is 9.78. The van der Waals surface area contributed by atoms with Crippen molar-refractivity contribution in [2.45, 2.75) is 90.5 Å². The number of nitrogens with two attached hydrogens (primary N) is 2. The number of carboxylic acid groups (broad SMARTS) is 2. The van der Waals surface area contributed by atoms with Gasteiger partial charge in [0.1, 0.15) is 28.8 Å². The second-order valence-electron chi connectivity index (χ2n) is 14.7. The Morgan fingerprint density at radius 3 is 1.17 bits per heavy atom. The van der Waals surface area contributed by atoms with Crippen molar-refractivity contribution < 1.29 is 54.9 Å². The third-order valence-electron chi connectivity index (χ3n) is 10.5. The van der Waals surface area contributed by atoms with Gasteiger partial charge in [-0.25, -0.2) is 44.7 Å². The van der Waals surface area contributed by atoms with Crippen LogP contribution in [0, 0.1) is 130 Å². The topological polar surface area (TPSA) is 127 Å². The van der Waals surface area contributed by atoms with Gasteiger partial charge >= 0.3 is 11.9 Å². The minimum atomic E-state index is -1.62. The first kappa shape index (κ1) is 58.3. The molecule has 0 atom stereocenters. The first-order valence-corrected chi connectivity index (χ1v) is 19.4. The van der Waals surface area contributed by atoms with Gasteiger partial charge in [-0.3, -0.25) is 0 Å². The summed E-state index contributed by atoms with van der Waals surface area (Å²) in [6.07, 6.45) is 0. The van der Waals surface area contributed by atoms with Crippen molar-refractivity contribution >= 4 is 23.3 Å². The van der Waals surface area contributed by atoms with Gasteiger partial charge in [0.15, 0.2) is 23.3 Å². The molecule has 0 saturated heterocycles. The van der Waals surface area contributed by atoms with Crippen molar-refractivity contribution in [3.8, 4) is 0 Å². The zero-order chi connectivity index (χ0) is 49.5. The fourth-order valence-corrected chi connectivity index (χ4v) is 5.29. The number of aromatic carboxylic acids is 2. The molecule has 352 valence electrons. The predicted octanol–water partition coefficient (Wildman–Crippen LogP) is 14.1. The van der Waals surface area contributed by atoms with Crippen LogP contribution in [0.25, 0.3) is 0 Å². The summed E-state index contributed by atoms with van der Waals surface area (Å²) >= 11 is 0. The van der Waals surface area contributed by atoms with Crippen molar-refractivity contribution in [1.82, 2.24) is 0 Å². The average molecular weight is 915 g/mol. The van der Waals surface area contributed by atoms with E-state index in [9.17, 15) is 44.7 Å². The number of aryl methyl sites for hydroxylation is 4. The molecule has 65 heavy (non-hydrogen) atoms. The summed E-state index contributed by atoms with van der Waals surface area (Å²) < 4.78 is 101. The second kappa shape index (κ2) is 26.2. The van der Waals surface area contributed by atoms with Crippen LogP contribution in [0.5, 0.6) is 0 Å². The van der Waals surface area contributed by atoms with Crippen molar-refractivity contribution in [3.63, 3.8) is 0 Å². The molecular weight excluding hydrogens is 857 g/mol. The number of carbonyl (C=O) groups is 2. The summed E-state index contributed by atoms with van der Waals surface area (Å²) in [7, 11) is 0. The first-order valence-electron chi connectivity index (χ1n) is 19.4. The molecule has 0 amide bonds. The number of hydrogen-bond donors (Lipinski definition) is 4. The molecule has 0 heterocycles. The second-order valence-corrected chi connectivity index (χ2v) is 14.7. The molecule has 0 aliphatic rings. The van der Waals surface area contributed by atoms with Crippen LogP contribution in [0.1, 0.15) is 94.9 Å². The summed E-state index contributed by atoms with van der Waals surface area (Å²) in [5.41, 5.74) is 20.4. The standard InChI is InChI=1S/C9H10O2.C9H12.C8H5F3O2.C8H7F3.C8H9F2N.C8H11N.CH4/c1-6-4-3-5-8(7(6)2)9(10)11;1-7-5-4-6-8(2)9(7)3;1-3-6(8(12)13)4(9)2-5(10)7(3)11;2*1-4-5(2)8(11)7(10)3-6(4)9;1-6-4-3-5-8(9)7(6)2;/h3-5H,1-2H3,(H,10,11);4-6H,1-3H3;2H,1H3,(H,12,13);3H,1-2H3;3H,11H2,1-2H3;3-5H,9H2,1-2H3;1H4. The lowest BCUT2D eigenvalue weighted by molar-refractivity contribution is 0.0681. The van der Waals surface area contributed by atoms with Crippen LogP contribution < -0.4 is 11.5 Å². The summed E-state index contributed by atoms with van der Waals surface area (Å²) in [5, 5.41) is 17.1. The van der Waals surface area contributed by atoms with E-state index in [2.05, 4.69) is 52.0 Å². The molecular formula is C51H58F8N2O4. The Bertz CT molecular complexity index is 2410. The third kappa shape index (κ3) is 16.4. The number of hydrogen-bond acceptors (Lipinski definition) is 4. The van der Waals surface area contributed by atoms with Crippen LogP contribution in [0.4, 0.5) is 46.5 Å². The lowest BCUT2D eigenvalue weighted by Crippen LogP contribution is -2.07. The van der Waals surface area contributed by atoms with E-state index in [1.807, 2.05) is 39.0 Å². The summed E-state index contributed by atoms with van der Waals surface area (Å²) in [4.78, 5) is 21.0. The molecule has 0 aliphatic heterocycles. The predicted molar refractivity (Wildman–Crippen MR) is 245 cm³/mol. The zero-order valence-corrected chi connectivity index (χ0v) is 37.8. The minimum absolute atomic E-state index is 0. The molecule has 6 aromatic rings. The fourth-order valence-electron chi connectivity index (χ4n) is 5.29. The van der Waals surface area contributed by atoms with Crippen molar-refractivity contribution in [2.24, 2.45) is 0 Å². The monoisotopic (exact) mass is 914 g/mol. The zero-order valence-electron chi connectivity index (χ0n) is 37.8. The van der Waals surface area contributed by atoms with Gasteiger partial charge in [0, 0.05) is 29.4 Å². The van der Waals surface area contributed by atoms with Crippen molar-refractivity contribution in [3.05, 3.63) is 197 Å². The molecule has 6 nitrogen and oxygen atoms in total. The van der Waals surface area contributed by atoms with Gasteiger partial charge in [0.25, 0.3) is 0 Å².